The van der Waals surface area contributed by atoms with E-state index in [9.17, 15) is 19.2 Å². The Labute approximate surface area is 239 Å². The van der Waals surface area contributed by atoms with Gasteiger partial charge in [-0.15, -0.1) is 0 Å². The van der Waals surface area contributed by atoms with Gasteiger partial charge in [0.1, 0.15) is 23.9 Å². The first-order valence-electron chi connectivity index (χ1n) is 14.0. The van der Waals surface area contributed by atoms with Crippen molar-refractivity contribution in [2.45, 2.75) is 65.1 Å². The molecule has 1 aromatic heterocycles. The summed E-state index contributed by atoms with van der Waals surface area (Å²) in [6.07, 6.45) is 1.50. The minimum atomic E-state index is -0.853. The van der Waals surface area contributed by atoms with Gasteiger partial charge in [-0.25, -0.2) is 4.98 Å². The van der Waals surface area contributed by atoms with Crippen molar-refractivity contribution in [3.05, 3.63) is 77.5 Å². The number of fused-ring (bicyclic) bond motifs is 2. The highest BCUT2D eigenvalue weighted by Crippen LogP contribution is 2.25. The van der Waals surface area contributed by atoms with E-state index < -0.39 is 24.0 Å². The average molecular weight is 560 g/mol. The van der Waals surface area contributed by atoms with Gasteiger partial charge in [-0.3, -0.25) is 19.2 Å². The molecule has 4 rings (SSSR count). The van der Waals surface area contributed by atoms with Crippen LogP contribution in [-0.4, -0.2) is 47.2 Å². The van der Waals surface area contributed by atoms with Crippen molar-refractivity contribution < 1.29 is 23.6 Å². The van der Waals surface area contributed by atoms with Gasteiger partial charge in [0.15, 0.2) is 5.69 Å². The molecule has 10 nitrogen and oxygen atoms in total. The number of amides is 4. The van der Waals surface area contributed by atoms with Crippen molar-refractivity contribution >= 4 is 23.6 Å². The van der Waals surface area contributed by atoms with Gasteiger partial charge in [0, 0.05) is 12.1 Å². The van der Waals surface area contributed by atoms with E-state index in [0.717, 1.165) is 11.1 Å². The number of nitrogens with zero attached hydrogens (tertiary/aromatic N) is 1. The van der Waals surface area contributed by atoms with Gasteiger partial charge in [-0.2, -0.15) is 0 Å². The molecule has 0 saturated carbocycles. The first-order chi connectivity index (χ1) is 19.7. The summed E-state index contributed by atoms with van der Waals surface area (Å²) < 4.78 is 5.82. The largest absolute Gasteiger partial charge is 0.443 e. The van der Waals surface area contributed by atoms with Crippen LogP contribution in [0.5, 0.6) is 0 Å². The van der Waals surface area contributed by atoms with Gasteiger partial charge in [0.05, 0.1) is 0 Å². The van der Waals surface area contributed by atoms with Crippen LogP contribution in [0.2, 0.25) is 0 Å². The van der Waals surface area contributed by atoms with Crippen molar-refractivity contribution in [3.8, 4) is 11.1 Å². The van der Waals surface area contributed by atoms with Gasteiger partial charge in [0.25, 0.3) is 11.8 Å². The third kappa shape index (κ3) is 7.19. The molecule has 216 valence electrons. The Hall–Kier alpha value is -4.47. The number of oxazole rings is 1. The van der Waals surface area contributed by atoms with E-state index in [0.29, 0.717) is 31.4 Å². The molecular formula is C31H37N5O5. The number of hydrogen-bond acceptors (Lipinski definition) is 6. The molecule has 0 saturated heterocycles. The summed E-state index contributed by atoms with van der Waals surface area (Å²) >= 11 is 0. The molecular weight excluding hydrogens is 522 g/mol. The van der Waals surface area contributed by atoms with Gasteiger partial charge in [-0.05, 0) is 56.2 Å². The molecule has 2 bridgehead atoms. The zero-order chi connectivity index (χ0) is 29.5. The summed E-state index contributed by atoms with van der Waals surface area (Å²) in [4.78, 5) is 57.0. The number of aryl methyl sites for hydroxylation is 1. The minimum Gasteiger partial charge on any atom is -0.443 e. The third-order valence-corrected chi connectivity index (χ3v) is 7.10. The van der Waals surface area contributed by atoms with Crippen LogP contribution in [0.15, 0.2) is 59.0 Å². The zero-order valence-corrected chi connectivity index (χ0v) is 23.8. The predicted molar refractivity (Wildman–Crippen MR) is 154 cm³/mol. The smallest absolute Gasteiger partial charge is 0.274 e. The lowest BCUT2D eigenvalue weighted by Gasteiger charge is -2.24. The molecule has 4 amide bonds. The van der Waals surface area contributed by atoms with Crippen molar-refractivity contribution in [3.63, 3.8) is 0 Å². The second kappa shape index (κ2) is 13.3. The van der Waals surface area contributed by atoms with Gasteiger partial charge < -0.3 is 25.7 Å². The zero-order valence-electron chi connectivity index (χ0n) is 23.8. The maximum absolute atomic E-state index is 13.7. The van der Waals surface area contributed by atoms with E-state index in [2.05, 4.69) is 26.3 Å². The fourth-order valence-corrected chi connectivity index (χ4v) is 4.75. The van der Waals surface area contributed by atoms with Crippen LogP contribution in [0, 0.1) is 12.8 Å². The normalized spacial score (nSPS) is 20.6. The van der Waals surface area contributed by atoms with Gasteiger partial charge in [-0.1, -0.05) is 62.4 Å². The lowest BCUT2D eigenvalue weighted by molar-refractivity contribution is -0.124. The molecule has 3 aromatic rings. The Kier molecular flexibility index (Phi) is 9.54. The Balaban J connectivity index is 1.63. The quantitative estimate of drug-likeness (QED) is 0.384. The topological polar surface area (TPSA) is 142 Å². The van der Waals surface area contributed by atoms with E-state index >= 15 is 0 Å². The summed E-state index contributed by atoms with van der Waals surface area (Å²) in [6, 6.07) is 14.6. The molecule has 0 aliphatic carbocycles. The fourth-order valence-electron chi connectivity index (χ4n) is 4.75. The molecule has 0 radical (unpaired) electrons. The molecule has 41 heavy (non-hydrogen) atoms. The maximum Gasteiger partial charge on any atom is 0.274 e. The Morgan fingerprint density at radius 2 is 1.68 bits per heavy atom. The lowest BCUT2D eigenvalue weighted by atomic mass is 9.98. The van der Waals surface area contributed by atoms with Crippen LogP contribution in [0.1, 0.15) is 78.6 Å². The summed E-state index contributed by atoms with van der Waals surface area (Å²) in [5.74, 6) is -1.30. The first kappa shape index (κ1) is 29.5. The molecule has 3 atom stereocenters. The summed E-state index contributed by atoms with van der Waals surface area (Å²) in [7, 11) is 0. The Morgan fingerprint density at radius 3 is 2.41 bits per heavy atom. The molecule has 0 unspecified atom stereocenters. The molecule has 0 spiro atoms. The van der Waals surface area contributed by atoms with Crippen molar-refractivity contribution in [2.75, 3.05) is 6.54 Å². The SMILES string of the molecule is Cc1oc2nc1C(=O)N[C@H](C)C(=O)NCCCC[C@H](NC(=O)c1ccccc1-c1ccccc1)C(=O)N[C@H]2C(C)C. The number of benzene rings is 2. The number of hydrogen-bond donors (Lipinski definition) is 4. The fraction of sp³-hybridized carbons (Fsp3) is 0.387. The van der Waals surface area contributed by atoms with Gasteiger partial charge in [0.2, 0.25) is 17.7 Å². The van der Waals surface area contributed by atoms with Crippen LogP contribution >= 0.6 is 0 Å². The predicted octanol–water partition coefficient (Wildman–Crippen LogP) is 3.68. The lowest BCUT2D eigenvalue weighted by Crippen LogP contribution is -2.48. The van der Waals surface area contributed by atoms with E-state index in [1.807, 2.05) is 56.3 Å². The number of rotatable bonds is 4. The van der Waals surface area contributed by atoms with Crippen LogP contribution in [0.25, 0.3) is 11.1 Å². The van der Waals surface area contributed by atoms with E-state index in [4.69, 9.17) is 4.42 Å². The standard InChI is InChI=1S/C31H37N5O5/c1-18(2)25-31-36-26(20(4)41-31)30(40)33-19(3)27(37)32-17-11-10-16-24(29(39)35-25)34-28(38)23-15-9-8-14-22(23)21-12-6-5-7-13-21/h5-9,12-15,18-19,24-25H,10-11,16-17H2,1-4H3,(H,32,37)(H,33,40)(H,34,38)(H,35,39)/t19-,24+,25+/m1/s1. The van der Waals surface area contributed by atoms with Crippen LogP contribution in [0.3, 0.4) is 0 Å². The number of aromatic nitrogens is 1. The second-order valence-corrected chi connectivity index (χ2v) is 10.6. The molecule has 2 heterocycles. The average Bonchev–Trinajstić information content (AvgIpc) is 3.35. The Morgan fingerprint density at radius 1 is 0.976 bits per heavy atom. The van der Waals surface area contributed by atoms with Crippen LogP contribution in [0.4, 0.5) is 0 Å². The highest BCUT2D eigenvalue weighted by Gasteiger charge is 2.31. The number of carbonyl (C=O) groups excluding carboxylic acids is 4. The monoisotopic (exact) mass is 559 g/mol. The van der Waals surface area contributed by atoms with Crippen LogP contribution in [-0.2, 0) is 9.59 Å². The van der Waals surface area contributed by atoms with Crippen molar-refractivity contribution in [1.29, 1.82) is 0 Å². The van der Waals surface area contributed by atoms with Gasteiger partial charge >= 0.3 is 0 Å². The van der Waals surface area contributed by atoms with E-state index in [-0.39, 0.29) is 41.0 Å². The molecule has 1 aliphatic heterocycles. The van der Waals surface area contributed by atoms with Crippen molar-refractivity contribution in [2.24, 2.45) is 5.92 Å². The molecule has 1 aliphatic rings. The maximum atomic E-state index is 13.7. The number of carbonyl (C=O) groups is 4. The highest BCUT2D eigenvalue weighted by atomic mass is 16.4. The third-order valence-electron chi connectivity index (χ3n) is 7.10. The van der Waals surface area contributed by atoms with Crippen LogP contribution < -0.4 is 21.3 Å². The summed E-state index contributed by atoms with van der Waals surface area (Å²) in [5.41, 5.74) is 2.16. The minimum absolute atomic E-state index is 0.0500. The molecule has 0 fully saturated rings. The van der Waals surface area contributed by atoms with E-state index in [1.165, 1.54) is 0 Å². The molecule has 4 N–H and O–H groups in total. The van der Waals surface area contributed by atoms with E-state index in [1.54, 1.807) is 26.0 Å². The summed E-state index contributed by atoms with van der Waals surface area (Å²) in [6.45, 7) is 7.37. The first-order valence-corrected chi connectivity index (χ1v) is 14.0. The molecule has 10 heteroatoms. The molecule has 2 aromatic carbocycles. The summed E-state index contributed by atoms with van der Waals surface area (Å²) in [5, 5.41) is 11.4. The second-order valence-electron chi connectivity index (χ2n) is 10.6. The van der Waals surface area contributed by atoms with Crippen molar-refractivity contribution in [1.82, 2.24) is 26.3 Å². The Bertz CT molecular complexity index is 1400. The number of nitrogens with one attached hydrogen (secondary N) is 4. The highest BCUT2D eigenvalue weighted by molar-refractivity contribution is 6.03.